The Hall–Kier alpha value is -1.82. The van der Waals surface area contributed by atoms with Gasteiger partial charge in [-0.2, -0.15) is 5.26 Å². The Morgan fingerprint density at radius 3 is 3.07 bits per heavy atom. The van der Waals surface area contributed by atoms with Crippen LogP contribution < -0.4 is 0 Å². The highest BCUT2D eigenvalue weighted by molar-refractivity contribution is 5.77. The number of benzene rings is 1. The van der Waals surface area contributed by atoms with Crippen LogP contribution in [0.25, 0.3) is 0 Å². The predicted octanol–water partition coefficient (Wildman–Crippen LogP) is 1.83. The van der Waals surface area contributed by atoms with E-state index in [0.717, 1.165) is 12.0 Å². The lowest BCUT2D eigenvalue weighted by atomic mass is 10.1. The molecule has 0 aliphatic heterocycles. The molecule has 1 fully saturated rings. The minimum absolute atomic E-state index is 0.0102. The first-order chi connectivity index (χ1) is 7.26. The zero-order valence-electron chi connectivity index (χ0n) is 8.43. The van der Waals surface area contributed by atoms with Crippen molar-refractivity contribution >= 4 is 5.97 Å². The van der Waals surface area contributed by atoms with E-state index in [1.807, 2.05) is 18.2 Å². The Morgan fingerprint density at radius 2 is 2.40 bits per heavy atom. The fourth-order valence-electron chi connectivity index (χ4n) is 1.81. The van der Waals surface area contributed by atoms with E-state index in [1.165, 1.54) is 7.11 Å². The van der Waals surface area contributed by atoms with Gasteiger partial charge in [-0.25, -0.2) is 0 Å². The molecule has 0 radical (unpaired) electrons. The second-order valence-electron chi connectivity index (χ2n) is 3.71. The second-order valence-corrected chi connectivity index (χ2v) is 3.71. The van der Waals surface area contributed by atoms with E-state index < -0.39 is 0 Å². The van der Waals surface area contributed by atoms with Gasteiger partial charge < -0.3 is 4.74 Å². The van der Waals surface area contributed by atoms with Gasteiger partial charge in [0.05, 0.1) is 24.7 Å². The lowest BCUT2D eigenvalue weighted by Gasteiger charge is -1.99. The first-order valence-electron chi connectivity index (χ1n) is 4.84. The van der Waals surface area contributed by atoms with Gasteiger partial charge in [0.1, 0.15) is 0 Å². The Balaban J connectivity index is 2.13. The molecule has 1 aliphatic carbocycles. The maximum Gasteiger partial charge on any atom is 0.309 e. The van der Waals surface area contributed by atoms with Crippen LogP contribution in [-0.2, 0) is 9.53 Å². The quantitative estimate of drug-likeness (QED) is 0.686. The molecule has 2 atom stereocenters. The highest BCUT2D eigenvalue weighted by Crippen LogP contribution is 2.48. The first-order valence-corrected chi connectivity index (χ1v) is 4.84. The van der Waals surface area contributed by atoms with E-state index in [4.69, 9.17) is 5.26 Å². The van der Waals surface area contributed by atoms with Gasteiger partial charge in [-0.05, 0) is 30.0 Å². The van der Waals surface area contributed by atoms with Crippen molar-refractivity contribution in [3.05, 3.63) is 35.4 Å². The summed E-state index contributed by atoms with van der Waals surface area (Å²) in [6.07, 6.45) is 0.835. The van der Waals surface area contributed by atoms with Crippen molar-refractivity contribution in [2.45, 2.75) is 12.3 Å². The molecule has 1 saturated carbocycles. The molecule has 2 rings (SSSR count). The maximum atomic E-state index is 11.2. The van der Waals surface area contributed by atoms with Gasteiger partial charge in [0.2, 0.25) is 0 Å². The highest BCUT2D eigenvalue weighted by Gasteiger charge is 2.44. The molecule has 0 N–H and O–H groups in total. The molecule has 1 aromatic rings. The number of ether oxygens (including phenoxy) is 1. The fraction of sp³-hybridized carbons (Fsp3) is 0.333. The fourth-order valence-corrected chi connectivity index (χ4v) is 1.81. The van der Waals surface area contributed by atoms with Crippen LogP contribution in [-0.4, -0.2) is 13.1 Å². The van der Waals surface area contributed by atoms with Crippen LogP contribution in [0.4, 0.5) is 0 Å². The number of nitrogens with zero attached hydrogens (tertiary/aromatic N) is 1. The summed E-state index contributed by atoms with van der Waals surface area (Å²) < 4.78 is 4.68. The average Bonchev–Trinajstić information content (AvgIpc) is 3.08. The second kappa shape index (κ2) is 3.74. The molecule has 0 heterocycles. The number of carbonyl (C=O) groups is 1. The Labute approximate surface area is 88.3 Å². The number of methoxy groups -OCH3 is 1. The van der Waals surface area contributed by atoms with Crippen LogP contribution in [0.2, 0.25) is 0 Å². The van der Waals surface area contributed by atoms with E-state index in [1.54, 1.807) is 6.07 Å². The third-order valence-electron chi connectivity index (χ3n) is 2.74. The molecule has 3 nitrogen and oxygen atoms in total. The molecule has 0 saturated heterocycles. The summed E-state index contributed by atoms with van der Waals surface area (Å²) in [7, 11) is 1.41. The standard InChI is InChI=1S/C12H11NO2/c1-15-12(14)11-6-10(11)9-4-2-3-8(5-9)7-13/h2-5,10-11H,6H2,1H3. The predicted molar refractivity (Wildman–Crippen MR) is 54.0 cm³/mol. The smallest absolute Gasteiger partial charge is 0.309 e. The third-order valence-corrected chi connectivity index (χ3v) is 2.74. The van der Waals surface area contributed by atoms with E-state index in [0.29, 0.717) is 5.56 Å². The van der Waals surface area contributed by atoms with Crippen molar-refractivity contribution in [1.29, 1.82) is 5.26 Å². The topological polar surface area (TPSA) is 50.1 Å². The van der Waals surface area contributed by atoms with Gasteiger partial charge in [0.15, 0.2) is 0 Å². The summed E-state index contributed by atoms with van der Waals surface area (Å²) in [5.41, 5.74) is 1.70. The average molecular weight is 201 g/mol. The van der Waals surface area contributed by atoms with E-state index in [2.05, 4.69) is 10.8 Å². The van der Waals surface area contributed by atoms with Crippen molar-refractivity contribution < 1.29 is 9.53 Å². The zero-order chi connectivity index (χ0) is 10.8. The summed E-state index contributed by atoms with van der Waals surface area (Å²) in [5, 5.41) is 8.74. The lowest BCUT2D eigenvalue weighted by molar-refractivity contribution is -0.142. The van der Waals surface area contributed by atoms with Crippen LogP contribution in [0.3, 0.4) is 0 Å². The van der Waals surface area contributed by atoms with E-state index >= 15 is 0 Å². The third kappa shape index (κ3) is 1.84. The maximum absolute atomic E-state index is 11.2. The van der Waals surface area contributed by atoms with Crippen molar-refractivity contribution in [3.63, 3.8) is 0 Å². The number of hydrogen-bond acceptors (Lipinski definition) is 3. The number of nitriles is 1. The molecule has 0 spiro atoms. The van der Waals surface area contributed by atoms with Crippen LogP contribution >= 0.6 is 0 Å². The molecule has 2 unspecified atom stereocenters. The summed E-state index contributed by atoms with van der Waals surface area (Å²) in [6.45, 7) is 0. The van der Waals surface area contributed by atoms with Gasteiger partial charge in [-0.1, -0.05) is 12.1 Å². The molecule has 76 valence electrons. The van der Waals surface area contributed by atoms with Crippen molar-refractivity contribution in [2.24, 2.45) is 5.92 Å². The van der Waals surface area contributed by atoms with Crippen LogP contribution in [0.1, 0.15) is 23.5 Å². The van der Waals surface area contributed by atoms with Gasteiger partial charge in [-0.15, -0.1) is 0 Å². The molecule has 1 aromatic carbocycles. The molecule has 0 amide bonds. The minimum Gasteiger partial charge on any atom is -0.469 e. The summed E-state index contributed by atoms with van der Waals surface area (Å²) in [5.74, 6) is 0.0806. The first kappa shape index (κ1) is 9.72. The Bertz CT molecular complexity index is 433. The molecule has 0 bridgehead atoms. The molecular weight excluding hydrogens is 190 g/mol. The van der Waals surface area contributed by atoms with Crippen LogP contribution in [0.5, 0.6) is 0 Å². The van der Waals surface area contributed by atoms with Crippen molar-refractivity contribution in [3.8, 4) is 6.07 Å². The van der Waals surface area contributed by atoms with Gasteiger partial charge in [-0.3, -0.25) is 4.79 Å². The monoisotopic (exact) mass is 201 g/mol. The van der Waals surface area contributed by atoms with Crippen LogP contribution in [0, 0.1) is 17.2 Å². The van der Waals surface area contributed by atoms with Crippen LogP contribution in [0.15, 0.2) is 24.3 Å². The molecule has 0 aromatic heterocycles. The molecule has 3 heteroatoms. The van der Waals surface area contributed by atoms with Gasteiger partial charge >= 0.3 is 5.97 Å². The number of esters is 1. The summed E-state index contributed by atoms with van der Waals surface area (Å²) in [6, 6.07) is 9.50. The Kier molecular flexibility index (Phi) is 2.42. The number of rotatable bonds is 2. The van der Waals surface area contributed by atoms with Gasteiger partial charge in [0.25, 0.3) is 0 Å². The van der Waals surface area contributed by atoms with Gasteiger partial charge in [0, 0.05) is 0 Å². The molecule has 1 aliphatic rings. The number of carbonyl (C=O) groups excluding carboxylic acids is 1. The lowest BCUT2D eigenvalue weighted by Crippen LogP contribution is -2.03. The van der Waals surface area contributed by atoms with E-state index in [-0.39, 0.29) is 17.8 Å². The largest absolute Gasteiger partial charge is 0.469 e. The van der Waals surface area contributed by atoms with Crippen molar-refractivity contribution in [2.75, 3.05) is 7.11 Å². The molecule has 15 heavy (non-hydrogen) atoms. The zero-order valence-corrected chi connectivity index (χ0v) is 8.43. The minimum atomic E-state index is -0.151. The Morgan fingerprint density at radius 1 is 1.60 bits per heavy atom. The summed E-state index contributed by atoms with van der Waals surface area (Å²) in [4.78, 5) is 11.2. The SMILES string of the molecule is COC(=O)C1CC1c1cccc(C#N)c1. The summed E-state index contributed by atoms with van der Waals surface area (Å²) >= 11 is 0. The van der Waals surface area contributed by atoms with E-state index in [9.17, 15) is 4.79 Å². The molecular formula is C12H11NO2. The highest BCUT2D eigenvalue weighted by atomic mass is 16.5. The number of hydrogen-bond donors (Lipinski definition) is 0. The van der Waals surface area contributed by atoms with Crippen molar-refractivity contribution in [1.82, 2.24) is 0 Å². The normalized spacial score (nSPS) is 22.9.